The monoisotopic (exact) mass is 354 g/mol. The van der Waals surface area contributed by atoms with Crippen LogP contribution >= 0.6 is 0 Å². The van der Waals surface area contributed by atoms with E-state index in [-0.39, 0.29) is 31.3 Å². The third-order valence-corrected chi connectivity index (χ3v) is 5.02. The van der Waals surface area contributed by atoms with Gasteiger partial charge in [-0.1, -0.05) is 0 Å². The molecule has 3 rings (SSSR count). The lowest BCUT2D eigenvalue weighted by Crippen LogP contribution is -2.49. The van der Waals surface area contributed by atoms with Gasteiger partial charge in [0.05, 0.1) is 31.9 Å². The summed E-state index contributed by atoms with van der Waals surface area (Å²) in [7, 11) is 0. The Bertz CT molecular complexity index is 521. The van der Waals surface area contributed by atoms with Gasteiger partial charge in [0.25, 0.3) is 0 Å². The highest BCUT2D eigenvalue weighted by Crippen LogP contribution is 2.24. The fourth-order valence-electron chi connectivity index (χ4n) is 3.60. The van der Waals surface area contributed by atoms with Crippen molar-refractivity contribution in [2.45, 2.75) is 24.9 Å². The number of morpholine rings is 1. The minimum absolute atomic E-state index is 0.0352. The van der Waals surface area contributed by atoms with Gasteiger partial charge >= 0.3 is 6.03 Å². The highest BCUT2D eigenvalue weighted by molar-refractivity contribution is 6.01. The van der Waals surface area contributed by atoms with E-state index in [1.165, 1.54) is 0 Å². The van der Waals surface area contributed by atoms with Gasteiger partial charge in [-0.05, 0) is 12.8 Å². The van der Waals surface area contributed by atoms with Crippen molar-refractivity contribution in [3.63, 3.8) is 0 Å². The van der Waals surface area contributed by atoms with E-state index in [1.807, 2.05) is 0 Å². The van der Waals surface area contributed by atoms with Gasteiger partial charge in [-0.15, -0.1) is 0 Å². The number of likely N-dealkylation sites (tertiary alicyclic amines) is 1. The lowest BCUT2D eigenvalue weighted by molar-refractivity contribution is -0.132. The van der Waals surface area contributed by atoms with E-state index in [0.29, 0.717) is 45.7 Å². The summed E-state index contributed by atoms with van der Waals surface area (Å²) in [5, 5.41) is 13.2. The van der Waals surface area contributed by atoms with Gasteiger partial charge in [-0.3, -0.25) is 19.4 Å². The molecule has 140 valence electrons. The van der Waals surface area contributed by atoms with Gasteiger partial charge in [0.1, 0.15) is 0 Å². The van der Waals surface area contributed by atoms with Crippen LogP contribution in [0.3, 0.4) is 0 Å². The standard InChI is InChI=1S/C16H26N4O5/c21-13(2-1-4-20-14(22)10-17-15(20)23)19-5-3-16(24,12-19)11-18-6-8-25-9-7-18/h24H,1-12H2,(H,17,23)/t16-/m1/s1. The fraction of sp³-hybridized carbons (Fsp3) is 0.812. The summed E-state index contributed by atoms with van der Waals surface area (Å²) in [5.74, 6) is -0.288. The summed E-state index contributed by atoms with van der Waals surface area (Å²) >= 11 is 0. The van der Waals surface area contributed by atoms with Crippen LogP contribution in [0, 0.1) is 0 Å². The zero-order valence-electron chi connectivity index (χ0n) is 14.4. The molecular formula is C16H26N4O5. The zero-order chi connectivity index (χ0) is 17.9. The van der Waals surface area contributed by atoms with Crippen molar-refractivity contribution >= 4 is 17.8 Å². The number of amides is 4. The first-order chi connectivity index (χ1) is 12.0. The second-order valence-electron chi connectivity index (χ2n) is 6.99. The molecule has 0 unspecified atom stereocenters. The van der Waals surface area contributed by atoms with E-state index < -0.39 is 11.6 Å². The maximum atomic E-state index is 12.3. The number of β-amino-alcohol motifs (C(OH)–C–C–N with tert-alkyl or cyclic N) is 1. The summed E-state index contributed by atoms with van der Waals surface area (Å²) < 4.78 is 5.31. The Morgan fingerprint density at radius 1 is 1.24 bits per heavy atom. The van der Waals surface area contributed by atoms with E-state index in [2.05, 4.69) is 10.2 Å². The number of nitrogens with zero attached hydrogens (tertiary/aromatic N) is 3. The van der Waals surface area contributed by atoms with Crippen molar-refractivity contribution < 1.29 is 24.2 Å². The van der Waals surface area contributed by atoms with Gasteiger partial charge in [-0.2, -0.15) is 0 Å². The van der Waals surface area contributed by atoms with E-state index in [4.69, 9.17) is 4.74 Å². The lowest BCUT2D eigenvalue weighted by Gasteiger charge is -2.33. The molecule has 4 amide bonds. The summed E-state index contributed by atoms with van der Waals surface area (Å²) in [6.07, 6.45) is 1.28. The maximum Gasteiger partial charge on any atom is 0.324 e. The molecule has 0 spiro atoms. The molecule has 3 saturated heterocycles. The van der Waals surface area contributed by atoms with E-state index in [0.717, 1.165) is 18.0 Å². The highest BCUT2D eigenvalue weighted by Gasteiger charge is 2.39. The normalized spacial score (nSPS) is 27.9. The number of nitrogens with one attached hydrogen (secondary N) is 1. The average molecular weight is 354 g/mol. The summed E-state index contributed by atoms with van der Waals surface area (Å²) in [4.78, 5) is 40.3. The van der Waals surface area contributed by atoms with Crippen LogP contribution in [0.1, 0.15) is 19.3 Å². The number of aliphatic hydroxyl groups is 1. The highest BCUT2D eigenvalue weighted by atomic mass is 16.5. The van der Waals surface area contributed by atoms with Gasteiger partial charge in [0.2, 0.25) is 11.8 Å². The van der Waals surface area contributed by atoms with E-state index in [9.17, 15) is 19.5 Å². The topological polar surface area (TPSA) is 102 Å². The predicted octanol–water partition coefficient (Wildman–Crippen LogP) is -1.39. The van der Waals surface area contributed by atoms with Crippen LogP contribution in [0.5, 0.6) is 0 Å². The number of rotatable bonds is 6. The van der Waals surface area contributed by atoms with Crippen LogP contribution < -0.4 is 5.32 Å². The molecule has 0 saturated carbocycles. The van der Waals surface area contributed by atoms with Crippen LogP contribution in [-0.2, 0) is 14.3 Å². The minimum Gasteiger partial charge on any atom is -0.387 e. The molecule has 3 aliphatic rings. The van der Waals surface area contributed by atoms with Crippen LogP contribution in [-0.4, -0.2) is 102 Å². The number of hydrogen-bond acceptors (Lipinski definition) is 6. The molecule has 1 atom stereocenters. The molecule has 2 N–H and O–H groups in total. The molecule has 0 aliphatic carbocycles. The second-order valence-corrected chi connectivity index (χ2v) is 6.99. The van der Waals surface area contributed by atoms with Crippen molar-refractivity contribution in [3.8, 4) is 0 Å². The SMILES string of the molecule is O=C(CCCN1C(=O)CNC1=O)N1CC[C@@](O)(CN2CCOCC2)C1. The fourth-order valence-corrected chi connectivity index (χ4v) is 3.60. The van der Waals surface area contributed by atoms with Gasteiger partial charge < -0.3 is 20.1 Å². The summed E-state index contributed by atoms with van der Waals surface area (Å²) in [5.41, 5.74) is -0.863. The van der Waals surface area contributed by atoms with Crippen molar-refractivity contribution in [2.75, 3.05) is 59.0 Å². The van der Waals surface area contributed by atoms with Gasteiger partial charge in [0, 0.05) is 39.1 Å². The van der Waals surface area contributed by atoms with Crippen molar-refractivity contribution in [1.82, 2.24) is 20.0 Å². The molecule has 0 aromatic heterocycles. The van der Waals surface area contributed by atoms with Crippen molar-refractivity contribution in [3.05, 3.63) is 0 Å². The molecule has 0 aromatic carbocycles. The van der Waals surface area contributed by atoms with Crippen LogP contribution in [0.2, 0.25) is 0 Å². The first kappa shape index (κ1) is 18.1. The number of carbonyl (C=O) groups is 3. The number of hydrogen-bond donors (Lipinski definition) is 2. The second kappa shape index (κ2) is 7.67. The average Bonchev–Trinajstić information content (AvgIpc) is 3.13. The number of imide groups is 1. The third kappa shape index (κ3) is 4.47. The van der Waals surface area contributed by atoms with E-state index in [1.54, 1.807) is 4.90 Å². The van der Waals surface area contributed by atoms with Gasteiger partial charge in [-0.25, -0.2) is 4.79 Å². The third-order valence-electron chi connectivity index (χ3n) is 5.02. The molecule has 3 heterocycles. The Hall–Kier alpha value is -1.71. The molecule has 0 bridgehead atoms. The summed E-state index contributed by atoms with van der Waals surface area (Å²) in [6, 6.07) is -0.390. The lowest BCUT2D eigenvalue weighted by atomic mass is 10.0. The molecule has 3 aliphatic heterocycles. The van der Waals surface area contributed by atoms with Crippen molar-refractivity contribution in [2.24, 2.45) is 0 Å². The largest absolute Gasteiger partial charge is 0.387 e. The number of urea groups is 1. The number of carbonyl (C=O) groups excluding carboxylic acids is 3. The molecule has 0 aromatic rings. The summed E-state index contributed by atoms with van der Waals surface area (Å²) in [6.45, 7) is 4.71. The molecule has 0 radical (unpaired) electrons. The molecule has 9 heteroatoms. The van der Waals surface area contributed by atoms with Crippen LogP contribution in [0.4, 0.5) is 4.79 Å². The Labute approximate surface area is 146 Å². The van der Waals surface area contributed by atoms with E-state index >= 15 is 0 Å². The molecular weight excluding hydrogens is 328 g/mol. The van der Waals surface area contributed by atoms with Crippen molar-refractivity contribution in [1.29, 1.82) is 0 Å². The van der Waals surface area contributed by atoms with Crippen LogP contribution in [0.25, 0.3) is 0 Å². The Kier molecular flexibility index (Phi) is 5.55. The molecule has 3 fully saturated rings. The Morgan fingerprint density at radius 2 is 2.00 bits per heavy atom. The van der Waals surface area contributed by atoms with Crippen LogP contribution in [0.15, 0.2) is 0 Å². The predicted molar refractivity (Wildman–Crippen MR) is 87.8 cm³/mol. The quantitative estimate of drug-likeness (QED) is 0.570. The Morgan fingerprint density at radius 3 is 2.68 bits per heavy atom. The zero-order valence-corrected chi connectivity index (χ0v) is 14.4. The first-order valence-corrected chi connectivity index (χ1v) is 8.85. The smallest absolute Gasteiger partial charge is 0.324 e. The molecule has 25 heavy (non-hydrogen) atoms. The number of ether oxygens (including phenoxy) is 1. The minimum atomic E-state index is -0.863. The Balaban J connectivity index is 1.41. The first-order valence-electron chi connectivity index (χ1n) is 8.85. The van der Waals surface area contributed by atoms with Gasteiger partial charge in [0.15, 0.2) is 0 Å². The maximum absolute atomic E-state index is 12.3. The molecule has 9 nitrogen and oxygen atoms in total.